The number of ether oxygens (including phenoxy) is 1. The lowest BCUT2D eigenvalue weighted by molar-refractivity contribution is -0.0381. The number of urea groups is 1. The average molecular weight is 505 g/mol. The number of nitrogens with one attached hydrogen (secondary N) is 1. The molecule has 10 nitrogen and oxygen atoms in total. The van der Waals surface area contributed by atoms with E-state index in [1.807, 2.05) is 32.0 Å². The average Bonchev–Trinajstić information content (AvgIpc) is 3.48. The number of amides is 3. The predicted octanol–water partition coefficient (Wildman–Crippen LogP) is 3.96. The van der Waals surface area contributed by atoms with Gasteiger partial charge in [-0.15, -0.1) is 0 Å². The SMILES string of the molecule is Cc1cc(-c2sc(NC(=O)N3CC4OCCN(C(=O)O)C4C3)nc2-c2cccc(C#N)c2)cc(C)n1. The van der Waals surface area contributed by atoms with E-state index in [-0.39, 0.29) is 31.3 Å². The minimum atomic E-state index is -1.01. The summed E-state index contributed by atoms with van der Waals surface area (Å²) in [7, 11) is 0. The lowest BCUT2D eigenvalue weighted by atomic mass is 10.0. The molecule has 2 saturated heterocycles. The zero-order valence-corrected chi connectivity index (χ0v) is 20.6. The molecule has 0 spiro atoms. The Morgan fingerprint density at radius 1 is 1.17 bits per heavy atom. The van der Waals surface area contributed by atoms with Crippen LogP contribution in [0.3, 0.4) is 0 Å². The van der Waals surface area contributed by atoms with Gasteiger partial charge in [0.15, 0.2) is 5.13 Å². The number of benzene rings is 1. The number of nitriles is 1. The van der Waals surface area contributed by atoms with Crippen molar-refractivity contribution in [2.75, 3.05) is 31.6 Å². The summed E-state index contributed by atoms with van der Waals surface area (Å²) >= 11 is 1.34. The fourth-order valence-electron chi connectivity index (χ4n) is 4.73. The topological polar surface area (TPSA) is 132 Å². The highest BCUT2D eigenvalue weighted by Crippen LogP contribution is 2.40. The molecular weight excluding hydrogens is 480 g/mol. The van der Waals surface area contributed by atoms with Crippen LogP contribution in [0.4, 0.5) is 14.7 Å². The van der Waals surface area contributed by atoms with E-state index in [0.717, 1.165) is 27.4 Å². The number of likely N-dealkylation sites (tertiary alicyclic amines) is 1. The predicted molar refractivity (Wildman–Crippen MR) is 134 cm³/mol. The molecule has 0 radical (unpaired) electrons. The van der Waals surface area contributed by atoms with Crippen molar-refractivity contribution in [3.8, 4) is 27.8 Å². The van der Waals surface area contributed by atoms with Gasteiger partial charge in [-0.3, -0.25) is 15.2 Å². The molecule has 2 aromatic heterocycles. The van der Waals surface area contributed by atoms with E-state index in [2.05, 4.69) is 16.4 Å². The number of pyridine rings is 1. The Bertz CT molecular complexity index is 1360. The van der Waals surface area contributed by atoms with Crippen molar-refractivity contribution in [1.29, 1.82) is 5.26 Å². The molecule has 36 heavy (non-hydrogen) atoms. The number of hydrogen-bond donors (Lipinski definition) is 2. The second kappa shape index (κ2) is 9.56. The van der Waals surface area contributed by atoms with Crippen molar-refractivity contribution >= 4 is 28.6 Å². The Balaban J connectivity index is 1.45. The maximum Gasteiger partial charge on any atom is 0.407 e. The molecule has 2 unspecified atom stereocenters. The van der Waals surface area contributed by atoms with Crippen LogP contribution < -0.4 is 5.32 Å². The van der Waals surface area contributed by atoms with E-state index < -0.39 is 6.09 Å². The zero-order valence-electron chi connectivity index (χ0n) is 19.8. The summed E-state index contributed by atoms with van der Waals surface area (Å²) in [5, 5.41) is 22.2. The maximum absolute atomic E-state index is 13.1. The van der Waals surface area contributed by atoms with E-state index >= 15 is 0 Å². The molecule has 3 aromatic rings. The number of carboxylic acid groups (broad SMARTS) is 1. The molecule has 0 aliphatic carbocycles. The molecule has 11 heteroatoms. The van der Waals surface area contributed by atoms with Crippen LogP contribution in [0.1, 0.15) is 17.0 Å². The van der Waals surface area contributed by atoms with E-state index in [0.29, 0.717) is 29.5 Å². The lowest BCUT2D eigenvalue weighted by Crippen LogP contribution is -2.52. The number of rotatable bonds is 3. The van der Waals surface area contributed by atoms with E-state index in [1.54, 1.807) is 23.1 Å². The van der Waals surface area contributed by atoms with E-state index in [1.165, 1.54) is 16.2 Å². The molecule has 2 N–H and O–H groups in total. The summed E-state index contributed by atoms with van der Waals surface area (Å²) < 4.78 is 5.72. The summed E-state index contributed by atoms with van der Waals surface area (Å²) in [6.45, 7) is 5.00. The molecule has 184 valence electrons. The number of nitrogens with zero attached hydrogens (tertiary/aromatic N) is 5. The maximum atomic E-state index is 13.1. The van der Waals surface area contributed by atoms with Gasteiger partial charge in [-0.2, -0.15) is 5.26 Å². The first kappa shape index (κ1) is 23.7. The molecule has 2 aliphatic heterocycles. The molecule has 0 bridgehead atoms. The first-order valence-electron chi connectivity index (χ1n) is 11.5. The standard InChI is InChI=1S/C25H24N6O4S/c1-14-8-18(9-15(2)27-14)22-21(17-5-3-4-16(10-17)11-26)28-23(36-22)29-24(32)30-12-19-20(13-30)35-7-6-31(19)25(33)34/h3-5,8-10,19-20H,6-7,12-13H2,1-2H3,(H,33,34)(H,28,29,32). The van der Waals surface area contributed by atoms with Crippen LogP contribution in [0.15, 0.2) is 36.4 Å². The highest BCUT2D eigenvalue weighted by atomic mass is 32.1. The number of morpholine rings is 1. The van der Waals surface area contributed by atoms with Gasteiger partial charge >= 0.3 is 12.1 Å². The lowest BCUT2D eigenvalue weighted by Gasteiger charge is -2.34. The van der Waals surface area contributed by atoms with Gasteiger partial charge < -0.3 is 14.7 Å². The second-order valence-electron chi connectivity index (χ2n) is 8.82. The van der Waals surface area contributed by atoms with Crippen LogP contribution in [0, 0.1) is 25.2 Å². The van der Waals surface area contributed by atoms with Crippen molar-refractivity contribution in [2.24, 2.45) is 0 Å². The van der Waals surface area contributed by atoms with Crippen LogP contribution in [-0.2, 0) is 4.74 Å². The Hall–Kier alpha value is -4.01. The minimum Gasteiger partial charge on any atom is -0.465 e. The molecule has 0 saturated carbocycles. The van der Waals surface area contributed by atoms with Gasteiger partial charge in [-0.25, -0.2) is 14.6 Å². The normalized spacial score (nSPS) is 19.0. The number of carbonyl (C=O) groups is 2. The molecule has 1 aromatic carbocycles. The third kappa shape index (κ3) is 4.60. The number of anilines is 1. The number of hydrogen-bond acceptors (Lipinski definition) is 7. The molecule has 5 rings (SSSR count). The van der Waals surface area contributed by atoms with Crippen LogP contribution in [0.2, 0.25) is 0 Å². The Morgan fingerprint density at radius 2 is 1.94 bits per heavy atom. The van der Waals surface area contributed by atoms with Crippen molar-refractivity contribution in [3.05, 3.63) is 53.3 Å². The summed E-state index contributed by atoms with van der Waals surface area (Å²) in [5.41, 5.74) is 4.60. The molecule has 4 heterocycles. The Kier molecular flexibility index (Phi) is 6.30. The first-order valence-corrected chi connectivity index (χ1v) is 12.3. The summed E-state index contributed by atoms with van der Waals surface area (Å²) in [6, 6.07) is 12.5. The minimum absolute atomic E-state index is 0.251. The smallest absolute Gasteiger partial charge is 0.407 e. The van der Waals surface area contributed by atoms with Crippen LogP contribution in [-0.4, -0.2) is 75.4 Å². The number of thiazole rings is 1. The summed E-state index contributed by atoms with van der Waals surface area (Å²) in [4.78, 5) is 37.7. The molecule has 3 amide bonds. The second-order valence-corrected chi connectivity index (χ2v) is 9.81. The van der Waals surface area contributed by atoms with Gasteiger partial charge in [-0.1, -0.05) is 23.5 Å². The Morgan fingerprint density at radius 3 is 2.67 bits per heavy atom. The highest BCUT2D eigenvalue weighted by molar-refractivity contribution is 7.19. The molecule has 2 atom stereocenters. The van der Waals surface area contributed by atoms with Crippen LogP contribution in [0.25, 0.3) is 21.7 Å². The quantitative estimate of drug-likeness (QED) is 0.552. The number of carbonyl (C=O) groups excluding carboxylic acids is 1. The van der Waals surface area contributed by atoms with Crippen LogP contribution in [0.5, 0.6) is 0 Å². The third-order valence-corrected chi connectivity index (χ3v) is 7.30. The first-order chi connectivity index (χ1) is 17.3. The van der Waals surface area contributed by atoms with Crippen molar-refractivity contribution in [1.82, 2.24) is 19.8 Å². The van der Waals surface area contributed by atoms with E-state index in [9.17, 15) is 20.0 Å². The largest absolute Gasteiger partial charge is 0.465 e. The number of aromatic nitrogens is 2. The van der Waals surface area contributed by atoms with E-state index in [4.69, 9.17) is 9.72 Å². The Labute approximate surface area is 211 Å². The molecule has 2 fully saturated rings. The van der Waals surface area contributed by atoms with Crippen molar-refractivity contribution < 1.29 is 19.4 Å². The van der Waals surface area contributed by atoms with Gasteiger partial charge in [0.05, 0.1) is 47.5 Å². The summed E-state index contributed by atoms with van der Waals surface area (Å²) in [6.07, 6.45) is -1.35. The highest BCUT2D eigenvalue weighted by Gasteiger charge is 2.43. The summed E-state index contributed by atoms with van der Waals surface area (Å²) in [5.74, 6) is 0. The zero-order chi connectivity index (χ0) is 25.4. The van der Waals surface area contributed by atoms with Gasteiger partial charge in [0.1, 0.15) is 0 Å². The fraction of sp³-hybridized carbons (Fsp3) is 0.320. The monoisotopic (exact) mass is 504 g/mol. The van der Waals surface area contributed by atoms with Gasteiger partial charge in [0, 0.05) is 30.0 Å². The van der Waals surface area contributed by atoms with Gasteiger partial charge in [-0.05, 0) is 43.7 Å². The molecular formula is C25H24N6O4S. The number of aryl methyl sites for hydroxylation is 2. The van der Waals surface area contributed by atoms with Crippen molar-refractivity contribution in [3.63, 3.8) is 0 Å². The van der Waals surface area contributed by atoms with Gasteiger partial charge in [0.25, 0.3) is 0 Å². The van der Waals surface area contributed by atoms with Crippen LogP contribution >= 0.6 is 11.3 Å². The third-order valence-electron chi connectivity index (χ3n) is 6.28. The molecule has 2 aliphatic rings. The van der Waals surface area contributed by atoms with Crippen molar-refractivity contribution in [2.45, 2.75) is 26.0 Å². The fourth-order valence-corrected chi connectivity index (χ4v) is 5.69. The number of fused-ring (bicyclic) bond motifs is 1. The van der Waals surface area contributed by atoms with Gasteiger partial charge in [0.2, 0.25) is 0 Å².